The molecule has 120 valence electrons. The average molecular weight is 312 g/mol. The second kappa shape index (κ2) is 6.51. The van der Waals surface area contributed by atoms with Crippen LogP contribution in [0.5, 0.6) is 0 Å². The maximum atomic E-state index is 12.3. The van der Waals surface area contributed by atoms with Crippen molar-refractivity contribution in [1.82, 2.24) is 24.6 Å². The predicted octanol–water partition coefficient (Wildman–Crippen LogP) is 2.39. The fourth-order valence-corrected chi connectivity index (χ4v) is 2.50. The normalized spacial score (nSPS) is 10.9. The molecule has 0 bridgehead atoms. The first-order valence-corrected chi connectivity index (χ1v) is 7.55. The van der Waals surface area contributed by atoms with E-state index >= 15 is 0 Å². The SMILES string of the molecule is CN(CCCc1nccn1C)C(=O)Nc1cccc2cn[nH]c12. The number of para-hydroxylation sites is 1. The number of carbonyl (C=O) groups excluding carboxylic acids is 1. The van der Waals surface area contributed by atoms with Crippen molar-refractivity contribution in [3.05, 3.63) is 42.6 Å². The fourth-order valence-electron chi connectivity index (χ4n) is 2.50. The third-order valence-electron chi connectivity index (χ3n) is 3.88. The second-order valence-corrected chi connectivity index (χ2v) is 5.55. The van der Waals surface area contributed by atoms with Gasteiger partial charge in [-0.25, -0.2) is 9.78 Å². The van der Waals surface area contributed by atoms with Gasteiger partial charge in [-0.1, -0.05) is 12.1 Å². The van der Waals surface area contributed by atoms with E-state index in [4.69, 9.17) is 0 Å². The molecule has 0 atom stereocenters. The molecule has 0 aliphatic carbocycles. The first-order valence-electron chi connectivity index (χ1n) is 7.55. The van der Waals surface area contributed by atoms with Gasteiger partial charge in [0.15, 0.2) is 0 Å². The van der Waals surface area contributed by atoms with Crippen molar-refractivity contribution in [3.63, 3.8) is 0 Å². The monoisotopic (exact) mass is 312 g/mol. The molecule has 2 amide bonds. The maximum Gasteiger partial charge on any atom is 0.321 e. The van der Waals surface area contributed by atoms with Crippen LogP contribution in [-0.4, -0.2) is 44.3 Å². The van der Waals surface area contributed by atoms with Crippen molar-refractivity contribution in [2.75, 3.05) is 18.9 Å². The van der Waals surface area contributed by atoms with E-state index in [1.807, 2.05) is 36.0 Å². The van der Waals surface area contributed by atoms with Crippen molar-refractivity contribution in [3.8, 4) is 0 Å². The van der Waals surface area contributed by atoms with Gasteiger partial charge in [0, 0.05) is 44.8 Å². The minimum atomic E-state index is -0.132. The lowest BCUT2D eigenvalue weighted by Gasteiger charge is -2.18. The van der Waals surface area contributed by atoms with E-state index in [9.17, 15) is 4.79 Å². The summed E-state index contributed by atoms with van der Waals surface area (Å²) >= 11 is 0. The van der Waals surface area contributed by atoms with E-state index in [-0.39, 0.29) is 6.03 Å². The summed E-state index contributed by atoms with van der Waals surface area (Å²) in [7, 11) is 3.77. The number of H-pyrrole nitrogens is 1. The van der Waals surface area contributed by atoms with E-state index in [2.05, 4.69) is 20.5 Å². The molecule has 0 aliphatic heterocycles. The van der Waals surface area contributed by atoms with Gasteiger partial charge in [0.05, 0.1) is 17.4 Å². The lowest BCUT2D eigenvalue weighted by Crippen LogP contribution is -2.32. The van der Waals surface area contributed by atoms with Gasteiger partial charge in [-0.05, 0) is 12.5 Å². The molecule has 2 N–H and O–H groups in total. The molecule has 3 rings (SSSR count). The van der Waals surface area contributed by atoms with E-state index < -0.39 is 0 Å². The van der Waals surface area contributed by atoms with Crippen LogP contribution in [0.1, 0.15) is 12.2 Å². The lowest BCUT2D eigenvalue weighted by molar-refractivity contribution is 0.222. The number of rotatable bonds is 5. The first-order chi connectivity index (χ1) is 11.1. The Labute approximate surface area is 134 Å². The Kier molecular flexibility index (Phi) is 4.27. The van der Waals surface area contributed by atoms with Crippen LogP contribution < -0.4 is 5.32 Å². The zero-order valence-electron chi connectivity index (χ0n) is 13.3. The first kappa shape index (κ1) is 15.1. The molecule has 7 nitrogen and oxygen atoms in total. The van der Waals surface area contributed by atoms with Crippen LogP contribution in [0.4, 0.5) is 10.5 Å². The molecule has 2 aromatic heterocycles. The van der Waals surface area contributed by atoms with Crippen molar-refractivity contribution in [2.45, 2.75) is 12.8 Å². The van der Waals surface area contributed by atoms with Crippen LogP contribution in [0.15, 0.2) is 36.8 Å². The number of hydrogen-bond acceptors (Lipinski definition) is 3. The number of imidazole rings is 1. The summed E-state index contributed by atoms with van der Waals surface area (Å²) in [6, 6.07) is 5.58. The van der Waals surface area contributed by atoms with Gasteiger partial charge in [0.25, 0.3) is 0 Å². The van der Waals surface area contributed by atoms with Gasteiger partial charge in [-0.15, -0.1) is 0 Å². The molecule has 0 fully saturated rings. The molecule has 0 radical (unpaired) electrons. The minimum Gasteiger partial charge on any atom is -0.338 e. The lowest BCUT2D eigenvalue weighted by atomic mass is 10.2. The van der Waals surface area contributed by atoms with E-state index in [1.165, 1.54) is 0 Å². The summed E-state index contributed by atoms with van der Waals surface area (Å²) < 4.78 is 2.00. The third kappa shape index (κ3) is 3.33. The van der Waals surface area contributed by atoms with Crippen LogP contribution in [0.3, 0.4) is 0 Å². The highest BCUT2D eigenvalue weighted by atomic mass is 16.2. The third-order valence-corrected chi connectivity index (χ3v) is 3.88. The summed E-state index contributed by atoms with van der Waals surface area (Å²) in [6.45, 7) is 0.664. The molecule has 23 heavy (non-hydrogen) atoms. The topological polar surface area (TPSA) is 78.8 Å². The number of benzene rings is 1. The Morgan fingerprint density at radius 3 is 3.09 bits per heavy atom. The summed E-state index contributed by atoms with van der Waals surface area (Å²) in [6.07, 6.45) is 7.16. The largest absolute Gasteiger partial charge is 0.338 e. The maximum absolute atomic E-state index is 12.3. The molecule has 1 aromatic carbocycles. The number of nitrogens with one attached hydrogen (secondary N) is 2. The quantitative estimate of drug-likeness (QED) is 0.759. The molecular formula is C16H20N6O. The van der Waals surface area contributed by atoms with Gasteiger partial charge < -0.3 is 14.8 Å². The van der Waals surface area contributed by atoms with Crippen LogP contribution in [0.2, 0.25) is 0 Å². The van der Waals surface area contributed by atoms with Crippen LogP contribution in [-0.2, 0) is 13.5 Å². The zero-order valence-corrected chi connectivity index (χ0v) is 13.3. The molecule has 3 aromatic rings. The number of urea groups is 1. The highest BCUT2D eigenvalue weighted by molar-refractivity contribution is 5.99. The Hall–Kier alpha value is -2.83. The smallest absolute Gasteiger partial charge is 0.321 e. The molecule has 0 spiro atoms. The van der Waals surface area contributed by atoms with Crippen LogP contribution >= 0.6 is 0 Å². The van der Waals surface area contributed by atoms with Crippen molar-refractivity contribution < 1.29 is 4.79 Å². The second-order valence-electron chi connectivity index (χ2n) is 5.55. The number of aromatic amines is 1. The van der Waals surface area contributed by atoms with Crippen molar-refractivity contribution in [2.24, 2.45) is 7.05 Å². The highest BCUT2D eigenvalue weighted by Gasteiger charge is 2.11. The number of anilines is 1. The van der Waals surface area contributed by atoms with Crippen molar-refractivity contribution in [1.29, 1.82) is 0 Å². The Morgan fingerprint density at radius 1 is 1.43 bits per heavy atom. The van der Waals surface area contributed by atoms with Gasteiger partial charge >= 0.3 is 6.03 Å². The predicted molar refractivity (Wildman–Crippen MR) is 89.3 cm³/mol. The molecule has 0 aliphatic rings. The molecular weight excluding hydrogens is 292 g/mol. The zero-order chi connectivity index (χ0) is 16.2. The molecule has 2 heterocycles. The summed E-state index contributed by atoms with van der Waals surface area (Å²) in [5, 5.41) is 10.8. The van der Waals surface area contributed by atoms with E-state index in [0.29, 0.717) is 6.54 Å². The Bertz CT molecular complexity index is 806. The fraction of sp³-hybridized carbons (Fsp3) is 0.312. The highest BCUT2D eigenvalue weighted by Crippen LogP contribution is 2.20. The minimum absolute atomic E-state index is 0.132. The van der Waals surface area contributed by atoms with E-state index in [1.54, 1.807) is 24.3 Å². The van der Waals surface area contributed by atoms with Crippen molar-refractivity contribution >= 4 is 22.6 Å². The summed E-state index contributed by atoms with van der Waals surface area (Å²) in [5.41, 5.74) is 1.57. The average Bonchev–Trinajstić information content (AvgIpc) is 3.17. The van der Waals surface area contributed by atoms with Gasteiger partial charge in [0.1, 0.15) is 5.82 Å². The number of hydrogen-bond donors (Lipinski definition) is 2. The molecule has 7 heteroatoms. The van der Waals surface area contributed by atoms with Gasteiger partial charge in [0.2, 0.25) is 0 Å². The van der Waals surface area contributed by atoms with Gasteiger partial charge in [-0.2, -0.15) is 5.10 Å². The number of carbonyl (C=O) groups is 1. The molecule has 0 unspecified atom stereocenters. The number of amides is 2. The van der Waals surface area contributed by atoms with Gasteiger partial charge in [-0.3, -0.25) is 5.10 Å². The summed E-state index contributed by atoms with van der Waals surface area (Å²) in [4.78, 5) is 18.3. The van der Waals surface area contributed by atoms with Crippen LogP contribution in [0.25, 0.3) is 10.9 Å². The Balaban J connectivity index is 1.55. The number of aromatic nitrogens is 4. The number of nitrogens with zero attached hydrogens (tertiary/aromatic N) is 4. The van der Waals surface area contributed by atoms with Crippen LogP contribution in [0, 0.1) is 0 Å². The molecule has 0 saturated carbocycles. The number of aryl methyl sites for hydroxylation is 2. The standard InChI is InChI=1S/C16H20N6O/c1-21-10-8-17-14(21)7-4-9-22(2)16(23)19-13-6-3-5-12-11-18-20-15(12)13/h3,5-6,8,10-11H,4,7,9H2,1-2H3,(H,18,20)(H,19,23). The molecule has 0 saturated heterocycles. The number of fused-ring (bicyclic) bond motifs is 1. The summed E-state index contributed by atoms with van der Waals surface area (Å²) in [5.74, 6) is 1.03. The Morgan fingerprint density at radius 2 is 2.30 bits per heavy atom. The van der Waals surface area contributed by atoms with E-state index in [0.717, 1.165) is 35.3 Å².